The van der Waals surface area contributed by atoms with Gasteiger partial charge in [-0.05, 0) is 17.7 Å². The smallest absolute Gasteiger partial charge is 0.329 e. The van der Waals surface area contributed by atoms with Crippen molar-refractivity contribution in [3.63, 3.8) is 0 Å². The van der Waals surface area contributed by atoms with Gasteiger partial charge in [0.1, 0.15) is 6.61 Å². The molecule has 0 bridgehead atoms. The van der Waals surface area contributed by atoms with Crippen LogP contribution in [0.15, 0.2) is 48.8 Å². The number of carbonyl (C=O) groups excluding carboxylic acids is 1. The molecule has 0 aliphatic rings. The number of benzene rings is 1. The molecule has 102 valence electrons. The van der Waals surface area contributed by atoms with E-state index < -0.39 is 5.97 Å². The summed E-state index contributed by atoms with van der Waals surface area (Å²) in [6.45, 7) is -0.135. The van der Waals surface area contributed by atoms with E-state index in [-0.39, 0.29) is 19.0 Å². The number of hydrogen-bond acceptors (Lipinski definition) is 4. The molecule has 0 saturated carbocycles. The van der Waals surface area contributed by atoms with E-state index in [4.69, 9.17) is 9.84 Å². The van der Waals surface area contributed by atoms with Crippen molar-refractivity contribution in [1.82, 2.24) is 4.98 Å². The van der Waals surface area contributed by atoms with Crippen LogP contribution in [0.2, 0.25) is 0 Å². The molecule has 1 aromatic carbocycles. The molecule has 0 spiro atoms. The lowest BCUT2D eigenvalue weighted by Gasteiger charge is -2.04. The number of hydrogen-bond donors (Lipinski definition) is 1. The third kappa shape index (κ3) is 3.73. The van der Waals surface area contributed by atoms with E-state index in [9.17, 15) is 9.59 Å². The Balaban J connectivity index is 2.01. The normalized spacial score (nSPS) is 10.2. The lowest BCUT2D eigenvalue weighted by atomic mass is 10.0. The van der Waals surface area contributed by atoms with Crippen molar-refractivity contribution in [1.29, 1.82) is 0 Å². The van der Waals surface area contributed by atoms with Crippen molar-refractivity contribution < 1.29 is 19.4 Å². The Labute approximate surface area is 115 Å². The zero-order chi connectivity index (χ0) is 14.4. The highest BCUT2D eigenvalue weighted by molar-refractivity contribution is 6.08. The third-order valence-electron chi connectivity index (χ3n) is 2.63. The lowest BCUT2D eigenvalue weighted by molar-refractivity contribution is -0.142. The van der Waals surface area contributed by atoms with E-state index in [0.29, 0.717) is 11.1 Å². The molecule has 20 heavy (non-hydrogen) atoms. The number of carboxylic acids is 1. The number of aliphatic carboxylic acids is 1. The topological polar surface area (TPSA) is 76.5 Å². The van der Waals surface area contributed by atoms with Crippen molar-refractivity contribution in [3.05, 3.63) is 65.5 Å². The summed E-state index contributed by atoms with van der Waals surface area (Å²) in [4.78, 5) is 26.3. The summed E-state index contributed by atoms with van der Waals surface area (Å²) >= 11 is 0. The van der Waals surface area contributed by atoms with E-state index in [0.717, 1.165) is 5.56 Å². The van der Waals surface area contributed by atoms with Gasteiger partial charge < -0.3 is 9.84 Å². The van der Waals surface area contributed by atoms with E-state index in [1.165, 1.54) is 6.20 Å². The number of ether oxygens (including phenoxy) is 1. The SMILES string of the molecule is O=C(O)COCc1ccc(C(=O)c2cccnc2)cc1. The molecule has 2 aromatic rings. The number of nitrogens with zero attached hydrogens (tertiary/aromatic N) is 1. The summed E-state index contributed by atoms with van der Waals surface area (Å²) in [7, 11) is 0. The fourth-order valence-electron chi connectivity index (χ4n) is 1.67. The van der Waals surface area contributed by atoms with Crippen LogP contribution in [0.5, 0.6) is 0 Å². The molecule has 0 fully saturated rings. The Hall–Kier alpha value is -2.53. The molecule has 0 amide bonds. The zero-order valence-electron chi connectivity index (χ0n) is 10.7. The Morgan fingerprint density at radius 1 is 1.10 bits per heavy atom. The summed E-state index contributed by atoms with van der Waals surface area (Å²) in [6, 6.07) is 10.3. The second-order valence-electron chi connectivity index (χ2n) is 4.15. The Kier molecular flexibility index (Phi) is 4.57. The Morgan fingerprint density at radius 3 is 2.45 bits per heavy atom. The molecule has 0 saturated heterocycles. The minimum absolute atomic E-state index is 0.101. The third-order valence-corrected chi connectivity index (χ3v) is 2.63. The summed E-state index contributed by atoms with van der Waals surface area (Å²) in [5, 5.41) is 8.46. The first-order chi connectivity index (χ1) is 9.66. The van der Waals surface area contributed by atoms with Crippen LogP contribution in [0, 0.1) is 0 Å². The number of carboxylic acid groups (broad SMARTS) is 1. The van der Waals surface area contributed by atoms with E-state index in [1.807, 2.05) is 0 Å². The second-order valence-corrected chi connectivity index (χ2v) is 4.15. The predicted octanol–water partition coefficient (Wildman–Crippen LogP) is 1.91. The number of pyridine rings is 1. The minimum Gasteiger partial charge on any atom is -0.480 e. The number of rotatable bonds is 6. The summed E-state index contributed by atoms with van der Waals surface area (Å²) in [6.07, 6.45) is 3.13. The molecule has 1 N–H and O–H groups in total. The maximum Gasteiger partial charge on any atom is 0.329 e. The lowest BCUT2D eigenvalue weighted by Crippen LogP contribution is -2.07. The van der Waals surface area contributed by atoms with Crippen LogP contribution >= 0.6 is 0 Å². The molecule has 1 aromatic heterocycles. The maximum atomic E-state index is 12.1. The van der Waals surface area contributed by atoms with Gasteiger partial charge >= 0.3 is 5.97 Å². The summed E-state index contributed by atoms with van der Waals surface area (Å²) in [5.74, 6) is -1.11. The number of aromatic nitrogens is 1. The van der Waals surface area contributed by atoms with Crippen LogP contribution < -0.4 is 0 Å². The van der Waals surface area contributed by atoms with Gasteiger partial charge in [0, 0.05) is 23.5 Å². The van der Waals surface area contributed by atoms with Crippen LogP contribution in [0.1, 0.15) is 21.5 Å². The van der Waals surface area contributed by atoms with Gasteiger partial charge in [-0.15, -0.1) is 0 Å². The van der Waals surface area contributed by atoms with Gasteiger partial charge in [0.15, 0.2) is 5.78 Å². The molecular formula is C15H13NO4. The highest BCUT2D eigenvalue weighted by Gasteiger charge is 2.08. The maximum absolute atomic E-state index is 12.1. The molecule has 0 aliphatic carbocycles. The van der Waals surface area contributed by atoms with Gasteiger partial charge in [-0.1, -0.05) is 24.3 Å². The summed E-state index contributed by atoms with van der Waals surface area (Å²) in [5.41, 5.74) is 1.90. The Morgan fingerprint density at radius 2 is 1.85 bits per heavy atom. The van der Waals surface area contributed by atoms with Crippen molar-refractivity contribution in [3.8, 4) is 0 Å². The van der Waals surface area contributed by atoms with Crippen molar-refractivity contribution in [2.75, 3.05) is 6.61 Å². The monoisotopic (exact) mass is 271 g/mol. The van der Waals surface area contributed by atoms with Crippen molar-refractivity contribution in [2.24, 2.45) is 0 Å². The zero-order valence-corrected chi connectivity index (χ0v) is 10.7. The van der Waals surface area contributed by atoms with E-state index in [2.05, 4.69) is 4.98 Å². The molecule has 0 atom stereocenters. The fourth-order valence-corrected chi connectivity index (χ4v) is 1.67. The first-order valence-electron chi connectivity index (χ1n) is 6.00. The van der Waals surface area contributed by atoms with Crippen molar-refractivity contribution in [2.45, 2.75) is 6.61 Å². The summed E-state index contributed by atoms with van der Waals surface area (Å²) < 4.78 is 4.97. The first-order valence-corrected chi connectivity index (χ1v) is 6.00. The molecule has 0 unspecified atom stereocenters. The largest absolute Gasteiger partial charge is 0.480 e. The van der Waals surface area contributed by atoms with Gasteiger partial charge in [-0.2, -0.15) is 0 Å². The minimum atomic E-state index is -1.01. The molecular weight excluding hydrogens is 258 g/mol. The average Bonchev–Trinajstić information content (AvgIpc) is 2.48. The van der Waals surface area contributed by atoms with Gasteiger partial charge in [0.05, 0.1) is 6.61 Å². The molecule has 0 radical (unpaired) electrons. The number of ketones is 1. The molecule has 5 nitrogen and oxygen atoms in total. The van der Waals surface area contributed by atoms with Crippen LogP contribution in [0.3, 0.4) is 0 Å². The van der Waals surface area contributed by atoms with Crippen LogP contribution in [-0.2, 0) is 16.1 Å². The molecule has 5 heteroatoms. The molecule has 1 heterocycles. The van der Waals surface area contributed by atoms with Crippen LogP contribution in [0.25, 0.3) is 0 Å². The van der Waals surface area contributed by atoms with E-state index in [1.54, 1.807) is 42.6 Å². The standard InChI is InChI=1S/C15H13NO4/c17-14(18)10-20-9-11-3-5-12(6-4-11)15(19)13-2-1-7-16-8-13/h1-8H,9-10H2,(H,17,18). The first kappa shape index (κ1) is 13.9. The predicted molar refractivity (Wildman–Crippen MR) is 71.4 cm³/mol. The highest BCUT2D eigenvalue weighted by Crippen LogP contribution is 2.11. The number of carbonyl (C=O) groups is 2. The van der Waals surface area contributed by atoms with Gasteiger partial charge in [-0.3, -0.25) is 9.78 Å². The fraction of sp³-hybridized carbons (Fsp3) is 0.133. The van der Waals surface area contributed by atoms with Gasteiger partial charge in [0.2, 0.25) is 0 Å². The van der Waals surface area contributed by atoms with Crippen LogP contribution in [0.4, 0.5) is 0 Å². The Bertz CT molecular complexity index is 593. The molecule has 0 aliphatic heterocycles. The second kappa shape index (κ2) is 6.58. The van der Waals surface area contributed by atoms with E-state index >= 15 is 0 Å². The highest BCUT2D eigenvalue weighted by atomic mass is 16.5. The van der Waals surface area contributed by atoms with Gasteiger partial charge in [0.25, 0.3) is 0 Å². The van der Waals surface area contributed by atoms with Crippen molar-refractivity contribution >= 4 is 11.8 Å². The van der Waals surface area contributed by atoms with Crippen LogP contribution in [-0.4, -0.2) is 28.4 Å². The van der Waals surface area contributed by atoms with Gasteiger partial charge in [-0.25, -0.2) is 4.79 Å². The molecule has 2 rings (SSSR count). The average molecular weight is 271 g/mol. The quantitative estimate of drug-likeness (QED) is 0.812.